The fraction of sp³-hybridized carbons (Fsp3) is 0.105. The maximum atomic E-state index is 12.4. The Morgan fingerprint density at radius 3 is 2.96 bits per heavy atom. The lowest BCUT2D eigenvalue weighted by Gasteiger charge is -2.07. The van der Waals surface area contributed by atoms with Gasteiger partial charge in [0.2, 0.25) is 0 Å². The van der Waals surface area contributed by atoms with Crippen LogP contribution >= 0.6 is 0 Å². The monoisotopic (exact) mass is 347 g/mol. The van der Waals surface area contributed by atoms with E-state index in [2.05, 4.69) is 21.4 Å². The van der Waals surface area contributed by atoms with Crippen LogP contribution in [0, 0.1) is 0 Å². The molecule has 1 aromatic carbocycles. The molecule has 0 saturated heterocycles. The van der Waals surface area contributed by atoms with Gasteiger partial charge in [-0.2, -0.15) is 0 Å². The van der Waals surface area contributed by atoms with Gasteiger partial charge in [-0.3, -0.25) is 14.0 Å². The van der Waals surface area contributed by atoms with Gasteiger partial charge in [0.15, 0.2) is 0 Å². The second kappa shape index (κ2) is 6.36. The van der Waals surface area contributed by atoms with Crippen molar-refractivity contribution in [3.63, 3.8) is 0 Å². The number of para-hydroxylation sites is 1. The van der Waals surface area contributed by atoms with Crippen LogP contribution in [0.25, 0.3) is 16.6 Å². The van der Waals surface area contributed by atoms with Gasteiger partial charge in [0.05, 0.1) is 11.8 Å². The smallest absolute Gasteiger partial charge is 0.281 e. The van der Waals surface area contributed by atoms with Crippen molar-refractivity contribution in [2.45, 2.75) is 6.42 Å². The van der Waals surface area contributed by atoms with E-state index in [0.29, 0.717) is 24.2 Å². The van der Waals surface area contributed by atoms with Crippen LogP contribution in [0.4, 0.5) is 5.69 Å². The van der Waals surface area contributed by atoms with Crippen molar-refractivity contribution in [2.75, 3.05) is 12.3 Å². The lowest BCUT2D eigenvalue weighted by molar-refractivity contribution is 0.0953. The Morgan fingerprint density at radius 1 is 1.23 bits per heavy atom. The highest BCUT2D eigenvalue weighted by Crippen LogP contribution is 2.17. The van der Waals surface area contributed by atoms with Crippen molar-refractivity contribution in [2.24, 2.45) is 0 Å². The molecule has 0 aliphatic heterocycles. The second-order valence-corrected chi connectivity index (χ2v) is 6.03. The number of nitrogens with two attached hydrogens (primary N) is 1. The van der Waals surface area contributed by atoms with Gasteiger partial charge in [-0.25, -0.2) is 4.98 Å². The maximum absolute atomic E-state index is 12.4. The predicted molar refractivity (Wildman–Crippen MR) is 100 cm³/mol. The highest BCUT2D eigenvalue weighted by atomic mass is 16.1. The molecule has 0 unspecified atom stereocenters. The minimum absolute atomic E-state index is 0.0411. The molecule has 1 amide bonds. The quantitative estimate of drug-likeness (QED) is 0.523. The molecular formula is C19H17N5O2. The first-order chi connectivity index (χ1) is 12.6. The Labute approximate surface area is 148 Å². The molecule has 0 radical (unpaired) electrons. The van der Waals surface area contributed by atoms with E-state index in [-0.39, 0.29) is 17.2 Å². The van der Waals surface area contributed by atoms with Crippen molar-refractivity contribution >= 4 is 28.1 Å². The molecule has 0 saturated carbocycles. The molecule has 0 bridgehead atoms. The Hall–Kier alpha value is -3.61. The maximum Gasteiger partial charge on any atom is 0.281 e. The number of pyridine rings is 1. The Bertz CT molecular complexity index is 1180. The number of nitrogens with one attached hydrogen (secondary N) is 2. The lowest BCUT2D eigenvalue weighted by Crippen LogP contribution is -2.27. The first-order valence-corrected chi connectivity index (χ1v) is 8.23. The molecule has 130 valence electrons. The normalized spacial score (nSPS) is 11.1. The van der Waals surface area contributed by atoms with Crippen LogP contribution in [0.1, 0.15) is 15.9 Å². The fourth-order valence-electron chi connectivity index (χ4n) is 2.98. The van der Waals surface area contributed by atoms with Crippen LogP contribution in [-0.2, 0) is 6.42 Å². The van der Waals surface area contributed by atoms with Crippen molar-refractivity contribution < 1.29 is 4.79 Å². The number of nitrogen functional groups attached to an aromatic ring is 1. The van der Waals surface area contributed by atoms with Crippen molar-refractivity contribution in [3.8, 4) is 0 Å². The molecule has 0 atom stereocenters. The third-order valence-corrected chi connectivity index (χ3v) is 4.35. The molecule has 7 nitrogen and oxygen atoms in total. The number of nitrogens with zero attached hydrogens (tertiary/aromatic N) is 2. The van der Waals surface area contributed by atoms with E-state index in [9.17, 15) is 9.59 Å². The Kier molecular flexibility index (Phi) is 3.89. The molecule has 0 aliphatic carbocycles. The molecule has 26 heavy (non-hydrogen) atoms. The highest BCUT2D eigenvalue weighted by Gasteiger charge is 2.09. The number of aromatic amines is 1. The number of fused-ring (bicyclic) bond motifs is 2. The van der Waals surface area contributed by atoms with Gasteiger partial charge in [-0.05, 0) is 30.2 Å². The molecule has 3 heterocycles. The summed E-state index contributed by atoms with van der Waals surface area (Å²) in [6, 6.07) is 11.3. The van der Waals surface area contributed by atoms with E-state index in [0.717, 1.165) is 16.5 Å². The molecular weight excluding hydrogens is 330 g/mol. The summed E-state index contributed by atoms with van der Waals surface area (Å²) in [7, 11) is 0. The lowest BCUT2D eigenvalue weighted by atomic mass is 10.1. The van der Waals surface area contributed by atoms with Gasteiger partial charge in [-0.1, -0.05) is 18.2 Å². The average Bonchev–Trinajstić information content (AvgIpc) is 3.08. The summed E-state index contributed by atoms with van der Waals surface area (Å²) < 4.78 is 1.28. The van der Waals surface area contributed by atoms with E-state index in [4.69, 9.17) is 5.73 Å². The molecule has 0 aliphatic rings. The molecule has 3 aromatic heterocycles. The zero-order chi connectivity index (χ0) is 18.1. The summed E-state index contributed by atoms with van der Waals surface area (Å²) in [5.41, 5.74) is 8.30. The van der Waals surface area contributed by atoms with Crippen LogP contribution in [0.3, 0.4) is 0 Å². The number of H-pyrrole nitrogens is 1. The number of hydrogen-bond donors (Lipinski definition) is 3. The van der Waals surface area contributed by atoms with Crippen LogP contribution in [-0.4, -0.2) is 26.8 Å². The largest absolute Gasteiger partial charge is 0.393 e. The van der Waals surface area contributed by atoms with Crippen molar-refractivity contribution in [1.29, 1.82) is 0 Å². The summed E-state index contributed by atoms with van der Waals surface area (Å²) in [6.07, 6.45) is 5.44. The standard InChI is InChI=1S/C19H17N5O2/c20-15-10-23-17-6-5-13(11-24(17)19(15)26)18(25)21-8-7-12-9-22-16-4-2-1-3-14(12)16/h1-6,9-11,22H,7-8,20H2,(H,21,25). The number of carbonyl (C=O) groups excluding carboxylic acids is 1. The van der Waals surface area contributed by atoms with Gasteiger partial charge in [0.1, 0.15) is 11.3 Å². The van der Waals surface area contributed by atoms with Crippen LogP contribution in [0.2, 0.25) is 0 Å². The Morgan fingerprint density at radius 2 is 2.08 bits per heavy atom. The number of amides is 1. The van der Waals surface area contributed by atoms with Crippen LogP contribution < -0.4 is 16.6 Å². The number of benzene rings is 1. The van der Waals surface area contributed by atoms with Crippen LogP contribution in [0.5, 0.6) is 0 Å². The van der Waals surface area contributed by atoms with Crippen molar-refractivity contribution in [1.82, 2.24) is 19.7 Å². The topological polar surface area (TPSA) is 105 Å². The number of anilines is 1. The molecule has 4 rings (SSSR count). The van der Waals surface area contributed by atoms with E-state index < -0.39 is 0 Å². The molecule has 4 N–H and O–H groups in total. The predicted octanol–water partition coefficient (Wildman–Crippen LogP) is 1.73. The van der Waals surface area contributed by atoms with E-state index in [1.165, 1.54) is 16.8 Å². The molecule has 0 fully saturated rings. The third kappa shape index (κ3) is 2.79. The number of hydrogen-bond acceptors (Lipinski definition) is 4. The second-order valence-electron chi connectivity index (χ2n) is 6.03. The molecule has 0 spiro atoms. The van der Waals surface area contributed by atoms with E-state index in [1.54, 1.807) is 12.1 Å². The summed E-state index contributed by atoms with van der Waals surface area (Å²) in [6.45, 7) is 0.489. The SMILES string of the molecule is Nc1cnc2ccc(C(=O)NCCc3c[nH]c4ccccc34)cn2c1=O. The van der Waals surface area contributed by atoms with E-state index in [1.807, 2.05) is 24.4 Å². The van der Waals surface area contributed by atoms with Gasteiger partial charge in [0.25, 0.3) is 11.5 Å². The van der Waals surface area contributed by atoms with Crippen LogP contribution in [0.15, 0.2) is 59.8 Å². The minimum Gasteiger partial charge on any atom is -0.393 e. The highest BCUT2D eigenvalue weighted by molar-refractivity contribution is 5.94. The average molecular weight is 347 g/mol. The third-order valence-electron chi connectivity index (χ3n) is 4.35. The summed E-state index contributed by atoms with van der Waals surface area (Å²) in [5.74, 6) is -0.249. The zero-order valence-electron chi connectivity index (χ0n) is 13.9. The summed E-state index contributed by atoms with van der Waals surface area (Å²) in [5, 5.41) is 4.03. The van der Waals surface area contributed by atoms with Gasteiger partial charge in [0, 0.05) is 29.8 Å². The fourth-order valence-corrected chi connectivity index (χ4v) is 2.98. The number of carbonyl (C=O) groups is 1. The minimum atomic E-state index is -0.386. The number of aromatic nitrogens is 3. The molecule has 4 aromatic rings. The summed E-state index contributed by atoms with van der Waals surface area (Å²) in [4.78, 5) is 31.7. The summed E-state index contributed by atoms with van der Waals surface area (Å²) >= 11 is 0. The van der Waals surface area contributed by atoms with Gasteiger partial charge < -0.3 is 16.0 Å². The van der Waals surface area contributed by atoms with Gasteiger partial charge >= 0.3 is 0 Å². The van der Waals surface area contributed by atoms with Gasteiger partial charge in [-0.15, -0.1) is 0 Å². The number of rotatable bonds is 4. The van der Waals surface area contributed by atoms with E-state index >= 15 is 0 Å². The first kappa shape index (κ1) is 15.9. The van der Waals surface area contributed by atoms with Crippen molar-refractivity contribution in [3.05, 3.63) is 76.5 Å². The Balaban J connectivity index is 1.49. The first-order valence-electron chi connectivity index (χ1n) is 8.23. The zero-order valence-corrected chi connectivity index (χ0v) is 13.9. The molecule has 7 heteroatoms.